The number of fused-ring (bicyclic) bond motifs is 1. The Labute approximate surface area is 114 Å². The highest BCUT2D eigenvalue weighted by Gasteiger charge is 2.20. The molecule has 104 valence electrons. The summed E-state index contributed by atoms with van der Waals surface area (Å²) in [5.41, 5.74) is 8.66. The summed E-state index contributed by atoms with van der Waals surface area (Å²) in [7, 11) is 0. The van der Waals surface area contributed by atoms with Gasteiger partial charge in [0.2, 0.25) is 0 Å². The van der Waals surface area contributed by atoms with Gasteiger partial charge in [-0.25, -0.2) is 0 Å². The van der Waals surface area contributed by atoms with Gasteiger partial charge in [0.1, 0.15) is 0 Å². The first-order valence-corrected chi connectivity index (χ1v) is 7.46. The zero-order valence-electron chi connectivity index (χ0n) is 11.5. The van der Waals surface area contributed by atoms with E-state index in [1.54, 1.807) is 6.07 Å². The highest BCUT2D eigenvalue weighted by molar-refractivity contribution is 5.27. The molecule has 1 aromatic heterocycles. The molecule has 1 saturated heterocycles. The van der Waals surface area contributed by atoms with E-state index in [1.165, 1.54) is 37.2 Å². The van der Waals surface area contributed by atoms with Crippen molar-refractivity contribution >= 4 is 0 Å². The number of aromatic nitrogens is 1. The topological polar surface area (TPSA) is 51.3 Å². The zero-order valence-corrected chi connectivity index (χ0v) is 11.5. The van der Waals surface area contributed by atoms with Gasteiger partial charge in [-0.2, -0.15) is 0 Å². The van der Waals surface area contributed by atoms with Crippen LogP contribution in [0, 0.1) is 0 Å². The number of hydrogen-bond donors (Lipinski definition) is 1. The van der Waals surface area contributed by atoms with Gasteiger partial charge in [0.25, 0.3) is 5.56 Å². The maximum atomic E-state index is 12.1. The minimum Gasteiger partial charge on any atom is -0.324 e. The van der Waals surface area contributed by atoms with E-state index in [9.17, 15) is 4.79 Å². The highest BCUT2D eigenvalue weighted by atomic mass is 16.1. The molecule has 3 rings (SSSR count). The number of likely N-dealkylation sites (tertiary alicyclic amines) is 1. The molecule has 2 aliphatic rings. The standard InChI is InChI=1S/C15H23N3O/c16-13-4-3-5-14-12(13)6-7-15(19)18(14)11-10-17-8-1-2-9-17/h6-7,13H,1-5,8-11,16H2. The van der Waals surface area contributed by atoms with Crippen molar-refractivity contribution in [1.29, 1.82) is 0 Å². The molecule has 4 nitrogen and oxygen atoms in total. The van der Waals surface area contributed by atoms with Gasteiger partial charge in [-0.05, 0) is 50.8 Å². The second kappa shape index (κ2) is 5.47. The number of rotatable bonds is 3. The van der Waals surface area contributed by atoms with Crippen molar-refractivity contribution in [2.75, 3.05) is 19.6 Å². The SMILES string of the molecule is NC1CCCc2c1ccc(=O)n2CCN1CCCC1. The van der Waals surface area contributed by atoms with Gasteiger partial charge in [0, 0.05) is 30.9 Å². The molecule has 19 heavy (non-hydrogen) atoms. The molecule has 1 aliphatic carbocycles. The van der Waals surface area contributed by atoms with Crippen molar-refractivity contribution in [3.63, 3.8) is 0 Å². The van der Waals surface area contributed by atoms with Gasteiger partial charge >= 0.3 is 0 Å². The van der Waals surface area contributed by atoms with E-state index in [2.05, 4.69) is 4.90 Å². The molecule has 0 spiro atoms. The van der Waals surface area contributed by atoms with Crippen LogP contribution in [0.4, 0.5) is 0 Å². The third-order valence-corrected chi connectivity index (χ3v) is 4.50. The molecular weight excluding hydrogens is 238 g/mol. The van der Waals surface area contributed by atoms with Crippen LogP contribution in [0.3, 0.4) is 0 Å². The Hall–Kier alpha value is -1.13. The third kappa shape index (κ3) is 2.60. The molecule has 1 aromatic rings. The van der Waals surface area contributed by atoms with Gasteiger partial charge in [-0.1, -0.05) is 6.07 Å². The van der Waals surface area contributed by atoms with Crippen molar-refractivity contribution in [3.8, 4) is 0 Å². The lowest BCUT2D eigenvalue weighted by Crippen LogP contribution is -2.33. The number of nitrogens with zero attached hydrogens (tertiary/aromatic N) is 2. The smallest absolute Gasteiger partial charge is 0.250 e. The molecule has 1 unspecified atom stereocenters. The predicted molar refractivity (Wildman–Crippen MR) is 76.2 cm³/mol. The Morgan fingerprint density at radius 1 is 1.16 bits per heavy atom. The summed E-state index contributed by atoms with van der Waals surface area (Å²) in [5.74, 6) is 0. The summed E-state index contributed by atoms with van der Waals surface area (Å²) in [4.78, 5) is 14.6. The molecule has 0 radical (unpaired) electrons. The Balaban J connectivity index is 1.83. The molecule has 1 aliphatic heterocycles. The van der Waals surface area contributed by atoms with E-state index in [0.29, 0.717) is 0 Å². The van der Waals surface area contributed by atoms with Crippen molar-refractivity contribution in [1.82, 2.24) is 9.47 Å². The summed E-state index contributed by atoms with van der Waals surface area (Å²) >= 11 is 0. The molecule has 2 heterocycles. The number of nitrogens with two attached hydrogens (primary N) is 1. The van der Waals surface area contributed by atoms with Gasteiger partial charge in [0.15, 0.2) is 0 Å². The van der Waals surface area contributed by atoms with Crippen LogP contribution in [0.15, 0.2) is 16.9 Å². The van der Waals surface area contributed by atoms with Crippen LogP contribution in [0.5, 0.6) is 0 Å². The van der Waals surface area contributed by atoms with Crippen LogP contribution in [0.25, 0.3) is 0 Å². The molecule has 0 amide bonds. The molecule has 0 saturated carbocycles. The van der Waals surface area contributed by atoms with E-state index in [4.69, 9.17) is 5.73 Å². The second-order valence-electron chi connectivity index (χ2n) is 5.77. The number of hydrogen-bond acceptors (Lipinski definition) is 3. The van der Waals surface area contributed by atoms with E-state index in [-0.39, 0.29) is 11.6 Å². The van der Waals surface area contributed by atoms with Crippen molar-refractivity contribution in [3.05, 3.63) is 33.7 Å². The summed E-state index contributed by atoms with van der Waals surface area (Å²) in [6, 6.07) is 3.74. The van der Waals surface area contributed by atoms with Gasteiger partial charge in [-0.15, -0.1) is 0 Å². The molecule has 4 heteroatoms. The second-order valence-corrected chi connectivity index (χ2v) is 5.77. The lowest BCUT2D eigenvalue weighted by atomic mass is 9.91. The molecule has 2 N–H and O–H groups in total. The summed E-state index contributed by atoms with van der Waals surface area (Å²) in [5, 5.41) is 0. The normalized spacial score (nSPS) is 23.5. The maximum absolute atomic E-state index is 12.1. The van der Waals surface area contributed by atoms with Crippen LogP contribution in [-0.4, -0.2) is 29.1 Å². The largest absolute Gasteiger partial charge is 0.324 e. The average molecular weight is 261 g/mol. The highest BCUT2D eigenvalue weighted by Crippen LogP contribution is 2.26. The minimum atomic E-state index is 0.113. The Bertz CT molecular complexity index is 503. The monoisotopic (exact) mass is 261 g/mol. The van der Waals surface area contributed by atoms with Crippen LogP contribution in [-0.2, 0) is 13.0 Å². The quantitative estimate of drug-likeness (QED) is 0.892. The van der Waals surface area contributed by atoms with E-state index in [0.717, 1.165) is 32.4 Å². The van der Waals surface area contributed by atoms with E-state index in [1.807, 2.05) is 10.6 Å². The average Bonchev–Trinajstić information content (AvgIpc) is 2.91. The Morgan fingerprint density at radius 2 is 1.95 bits per heavy atom. The maximum Gasteiger partial charge on any atom is 0.250 e. The van der Waals surface area contributed by atoms with E-state index >= 15 is 0 Å². The van der Waals surface area contributed by atoms with Crippen LogP contribution < -0.4 is 11.3 Å². The van der Waals surface area contributed by atoms with Crippen molar-refractivity contribution in [2.24, 2.45) is 5.73 Å². The van der Waals surface area contributed by atoms with Crippen molar-refractivity contribution in [2.45, 2.75) is 44.7 Å². The summed E-state index contributed by atoms with van der Waals surface area (Å²) in [6.45, 7) is 4.17. The van der Waals surface area contributed by atoms with Gasteiger partial charge in [0.05, 0.1) is 0 Å². The molecule has 0 bridgehead atoms. The fraction of sp³-hybridized carbons (Fsp3) is 0.667. The third-order valence-electron chi connectivity index (χ3n) is 4.50. The molecule has 1 atom stereocenters. The van der Waals surface area contributed by atoms with Crippen LogP contribution in [0.1, 0.15) is 43.0 Å². The first-order chi connectivity index (χ1) is 9.25. The molecular formula is C15H23N3O. The Kier molecular flexibility index (Phi) is 3.71. The Morgan fingerprint density at radius 3 is 2.74 bits per heavy atom. The first kappa shape index (κ1) is 12.9. The van der Waals surface area contributed by atoms with Gasteiger partial charge in [-0.3, -0.25) is 4.79 Å². The fourth-order valence-corrected chi connectivity index (χ4v) is 3.39. The first-order valence-electron chi connectivity index (χ1n) is 7.46. The number of pyridine rings is 1. The van der Waals surface area contributed by atoms with Crippen molar-refractivity contribution < 1.29 is 0 Å². The fourth-order valence-electron chi connectivity index (χ4n) is 3.39. The predicted octanol–water partition coefficient (Wildman–Crippen LogP) is 1.28. The van der Waals surface area contributed by atoms with Crippen LogP contribution in [0.2, 0.25) is 0 Å². The van der Waals surface area contributed by atoms with E-state index < -0.39 is 0 Å². The van der Waals surface area contributed by atoms with Crippen LogP contribution >= 0.6 is 0 Å². The molecule has 0 aromatic carbocycles. The summed E-state index contributed by atoms with van der Waals surface area (Å²) < 4.78 is 1.96. The van der Waals surface area contributed by atoms with Gasteiger partial charge < -0.3 is 15.2 Å². The minimum absolute atomic E-state index is 0.113. The lowest BCUT2D eigenvalue weighted by molar-refractivity contribution is 0.317. The summed E-state index contributed by atoms with van der Waals surface area (Å²) in [6.07, 6.45) is 5.73. The zero-order chi connectivity index (χ0) is 13.2. The lowest BCUT2D eigenvalue weighted by Gasteiger charge is -2.26. The molecule has 1 fully saturated rings.